The average molecular weight is 276 g/mol. The molecule has 17 heavy (non-hydrogen) atoms. The highest BCUT2D eigenvalue weighted by Crippen LogP contribution is 2.14. The number of nitrogens with two attached hydrogens (primary N) is 1. The van der Waals surface area contributed by atoms with Crippen LogP contribution in [-0.2, 0) is 10.0 Å². The minimum atomic E-state index is -3.56. The lowest BCUT2D eigenvalue weighted by Gasteiger charge is -2.12. The van der Waals surface area contributed by atoms with E-state index in [0.29, 0.717) is 6.42 Å². The molecule has 0 bridgehead atoms. The number of rotatable bonds is 4. The van der Waals surface area contributed by atoms with Crippen molar-refractivity contribution in [2.75, 3.05) is 6.54 Å². The molecule has 0 radical (unpaired) electrons. The highest BCUT2D eigenvalue weighted by atomic mass is 35.5. The fourth-order valence-corrected chi connectivity index (χ4v) is 2.41. The first-order chi connectivity index (χ1) is 7.95. The van der Waals surface area contributed by atoms with Crippen LogP contribution in [-0.4, -0.2) is 32.7 Å². The predicted octanol–water partition coefficient (Wildman–Crippen LogP) is 0.180. The van der Waals surface area contributed by atoms with Gasteiger partial charge in [-0.3, -0.25) is 4.99 Å². The molecule has 0 saturated heterocycles. The van der Waals surface area contributed by atoms with E-state index in [0.717, 1.165) is 0 Å². The van der Waals surface area contributed by atoms with Crippen molar-refractivity contribution in [1.82, 2.24) is 4.72 Å². The Hall–Kier alpha value is -0.870. The summed E-state index contributed by atoms with van der Waals surface area (Å²) in [5.74, 6) is 5.28. The van der Waals surface area contributed by atoms with Gasteiger partial charge in [-0.05, 0) is 6.92 Å². The molecular weight excluding hydrogens is 262 g/mol. The largest absolute Gasteiger partial charge is 0.317 e. The first-order valence-electron chi connectivity index (χ1n) is 5.00. The van der Waals surface area contributed by atoms with Gasteiger partial charge in [0.25, 0.3) is 0 Å². The number of sulfonamides is 1. The van der Waals surface area contributed by atoms with E-state index in [2.05, 4.69) is 21.6 Å². The fraction of sp³-hybridized carbons (Fsp3) is 0.500. The van der Waals surface area contributed by atoms with Gasteiger partial charge in [0.2, 0.25) is 10.0 Å². The lowest BCUT2D eigenvalue weighted by Crippen LogP contribution is -2.37. The lowest BCUT2D eigenvalue weighted by molar-refractivity contribution is 0.586. The van der Waals surface area contributed by atoms with Crippen LogP contribution in [0.1, 0.15) is 13.3 Å². The number of alkyl halides is 1. The molecule has 1 aliphatic heterocycles. The van der Waals surface area contributed by atoms with Crippen molar-refractivity contribution in [2.24, 2.45) is 10.7 Å². The van der Waals surface area contributed by atoms with Gasteiger partial charge in [-0.15, -0.1) is 5.92 Å². The molecule has 2 atom stereocenters. The quantitative estimate of drug-likeness (QED) is 0.436. The van der Waals surface area contributed by atoms with E-state index in [1.54, 1.807) is 6.92 Å². The maximum absolute atomic E-state index is 11.8. The summed E-state index contributed by atoms with van der Waals surface area (Å²) in [6, 6.07) is -0.517. The molecule has 7 heteroatoms. The topological polar surface area (TPSA) is 84.5 Å². The summed E-state index contributed by atoms with van der Waals surface area (Å²) in [4.78, 5) is 3.95. The van der Waals surface area contributed by atoms with Crippen LogP contribution in [0.3, 0.4) is 0 Å². The van der Waals surface area contributed by atoms with Gasteiger partial charge in [-0.25, -0.2) is 13.1 Å². The molecule has 2 unspecified atom stereocenters. The molecule has 0 spiro atoms. The number of allylic oxidation sites excluding steroid dienone is 1. The van der Waals surface area contributed by atoms with Crippen molar-refractivity contribution in [1.29, 1.82) is 0 Å². The molecule has 0 aliphatic carbocycles. The smallest absolute Gasteiger partial charge is 0.241 e. The van der Waals surface area contributed by atoms with Crippen LogP contribution < -0.4 is 10.5 Å². The van der Waals surface area contributed by atoms with Crippen LogP contribution in [0.15, 0.2) is 16.0 Å². The molecule has 94 valence electrons. The van der Waals surface area contributed by atoms with Crippen LogP contribution in [0.4, 0.5) is 0 Å². The van der Waals surface area contributed by atoms with Crippen LogP contribution in [0, 0.1) is 11.8 Å². The minimum Gasteiger partial charge on any atom is -0.317 e. The van der Waals surface area contributed by atoms with E-state index >= 15 is 0 Å². The lowest BCUT2D eigenvalue weighted by atomic mass is 10.3. The monoisotopic (exact) mass is 275 g/mol. The standard InChI is InChI=1S/C10H14ClN3O2S/c1-2-3-8(12)6-14-17(15,16)9-4-5-10(11)13-7-9/h4,7-8,10,14H,5-6,12H2,1H3. The average Bonchev–Trinajstić information content (AvgIpc) is 2.28. The number of nitrogens with one attached hydrogen (secondary N) is 1. The molecular formula is C10H14ClN3O2S. The molecule has 0 amide bonds. The normalized spacial score (nSPS) is 21.4. The SMILES string of the molecule is CC#CC(N)CNS(=O)(=O)C1=CCC(Cl)N=C1. The van der Waals surface area contributed by atoms with Gasteiger partial charge in [0, 0.05) is 19.2 Å². The summed E-state index contributed by atoms with van der Waals surface area (Å²) in [5, 5.41) is 0. The molecule has 0 saturated carbocycles. The second kappa shape index (κ2) is 6.17. The van der Waals surface area contributed by atoms with Crippen LogP contribution in [0.2, 0.25) is 0 Å². The second-order valence-electron chi connectivity index (χ2n) is 3.41. The van der Waals surface area contributed by atoms with Gasteiger partial charge in [-0.1, -0.05) is 23.6 Å². The van der Waals surface area contributed by atoms with E-state index in [1.807, 2.05) is 0 Å². The summed E-state index contributed by atoms with van der Waals surface area (Å²) in [6.45, 7) is 1.71. The molecule has 1 heterocycles. The Bertz CT molecular complexity index is 487. The van der Waals surface area contributed by atoms with Crippen molar-refractivity contribution in [2.45, 2.75) is 24.9 Å². The third-order valence-corrected chi connectivity index (χ3v) is 3.74. The molecule has 0 aromatic carbocycles. The van der Waals surface area contributed by atoms with E-state index in [-0.39, 0.29) is 17.0 Å². The Morgan fingerprint density at radius 3 is 3.00 bits per heavy atom. The zero-order valence-corrected chi connectivity index (χ0v) is 10.9. The highest BCUT2D eigenvalue weighted by Gasteiger charge is 2.19. The maximum atomic E-state index is 11.8. The third kappa shape index (κ3) is 4.48. The Labute approximate surface area is 106 Å². The van der Waals surface area contributed by atoms with Crippen molar-refractivity contribution in [3.8, 4) is 11.8 Å². The Morgan fingerprint density at radius 1 is 1.76 bits per heavy atom. The molecule has 5 nitrogen and oxygen atoms in total. The minimum absolute atomic E-state index is 0.0681. The number of halogens is 1. The zero-order chi connectivity index (χ0) is 12.9. The van der Waals surface area contributed by atoms with Gasteiger partial charge < -0.3 is 5.73 Å². The van der Waals surface area contributed by atoms with Crippen molar-refractivity contribution in [3.05, 3.63) is 11.0 Å². The first-order valence-corrected chi connectivity index (χ1v) is 6.92. The highest BCUT2D eigenvalue weighted by molar-refractivity contribution is 7.94. The number of hydrogen-bond acceptors (Lipinski definition) is 4. The van der Waals surface area contributed by atoms with E-state index in [9.17, 15) is 8.42 Å². The van der Waals surface area contributed by atoms with E-state index in [4.69, 9.17) is 17.3 Å². The Kier molecular flexibility index (Phi) is 5.15. The maximum Gasteiger partial charge on any atom is 0.241 e. The van der Waals surface area contributed by atoms with Crippen LogP contribution >= 0.6 is 11.6 Å². The number of dihydropyridines is 1. The van der Waals surface area contributed by atoms with E-state index < -0.39 is 16.1 Å². The van der Waals surface area contributed by atoms with Crippen molar-refractivity contribution < 1.29 is 8.42 Å². The first kappa shape index (κ1) is 14.2. The molecule has 1 rings (SSSR count). The van der Waals surface area contributed by atoms with Gasteiger partial charge in [0.1, 0.15) is 5.50 Å². The Balaban J connectivity index is 2.63. The van der Waals surface area contributed by atoms with Gasteiger partial charge in [-0.2, -0.15) is 0 Å². The number of nitrogens with zero attached hydrogens (tertiary/aromatic N) is 1. The number of aliphatic imine (C=N–C) groups is 1. The fourth-order valence-electron chi connectivity index (χ4n) is 1.18. The van der Waals surface area contributed by atoms with Gasteiger partial charge in [0.05, 0.1) is 10.9 Å². The molecule has 0 aromatic heterocycles. The second-order valence-corrected chi connectivity index (χ2v) is 5.68. The number of hydrogen-bond donors (Lipinski definition) is 2. The van der Waals surface area contributed by atoms with Crippen molar-refractivity contribution >= 4 is 27.8 Å². The summed E-state index contributed by atoms with van der Waals surface area (Å²) in [7, 11) is -3.56. The molecule has 0 fully saturated rings. The van der Waals surface area contributed by atoms with E-state index in [1.165, 1.54) is 12.3 Å². The molecule has 3 N–H and O–H groups in total. The summed E-state index contributed by atoms with van der Waals surface area (Å²) in [5.41, 5.74) is 5.18. The van der Waals surface area contributed by atoms with Crippen LogP contribution in [0.25, 0.3) is 0 Å². The molecule has 0 aromatic rings. The summed E-state index contributed by atoms with van der Waals surface area (Å²) >= 11 is 5.70. The van der Waals surface area contributed by atoms with Gasteiger partial charge in [0.15, 0.2) is 0 Å². The van der Waals surface area contributed by atoms with Gasteiger partial charge >= 0.3 is 0 Å². The van der Waals surface area contributed by atoms with Crippen molar-refractivity contribution in [3.63, 3.8) is 0 Å². The molecule has 1 aliphatic rings. The summed E-state index contributed by atoms with van der Waals surface area (Å²) in [6.07, 6.45) is 3.18. The Morgan fingerprint density at radius 2 is 2.47 bits per heavy atom. The van der Waals surface area contributed by atoms with Crippen LogP contribution in [0.5, 0.6) is 0 Å². The predicted molar refractivity (Wildman–Crippen MR) is 69.2 cm³/mol. The zero-order valence-electron chi connectivity index (χ0n) is 9.35. The summed E-state index contributed by atoms with van der Waals surface area (Å²) < 4.78 is 25.9. The third-order valence-electron chi connectivity index (χ3n) is 2.01.